The highest BCUT2D eigenvalue weighted by atomic mass is 16.6. The van der Waals surface area contributed by atoms with E-state index in [0.29, 0.717) is 18.4 Å². The first kappa shape index (κ1) is 15.1. The Morgan fingerprint density at radius 2 is 1.85 bits per heavy atom. The first-order valence-corrected chi connectivity index (χ1v) is 7.36. The Bertz CT molecular complexity index is 388. The number of nitrogens with one attached hydrogen (secondary N) is 1. The van der Waals surface area contributed by atoms with Crippen LogP contribution in [0.1, 0.15) is 40.0 Å². The lowest BCUT2D eigenvalue weighted by molar-refractivity contribution is -0.149. The van der Waals surface area contributed by atoms with Crippen LogP contribution < -0.4 is 5.32 Å². The van der Waals surface area contributed by atoms with Crippen LogP contribution in [0.5, 0.6) is 0 Å². The number of esters is 1. The topological polar surface area (TPSA) is 64.6 Å². The molecule has 2 fully saturated rings. The maximum absolute atomic E-state index is 11.9. The fourth-order valence-corrected chi connectivity index (χ4v) is 3.72. The van der Waals surface area contributed by atoms with Crippen molar-refractivity contribution >= 4 is 12.1 Å². The first-order chi connectivity index (χ1) is 9.31. The van der Waals surface area contributed by atoms with Crippen LogP contribution in [-0.2, 0) is 14.3 Å². The van der Waals surface area contributed by atoms with E-state index >= 15 is 0 Å². The van der Waals surface area contributed by atoms with E-state index in [1.165, 1.54) is 7.11 Å². The molecule has 0 unspecified atom stereocenters. The van der Waals surface area contributed by atoms with Gasteiger partial charge in [0.25, 0.3) is 0 Å². The van der Waals surface area contributed by atoms with Gasteiger partial charge in [-0.2, -0.15) is 0 Å². The molecule has 2 bridgehead atoms. The number of hydrogen-bond acceptors (Lipinski definition) is 4. The fourth-order valence-electron chi connectivity index (χ4n) is 3.72. The summed E-state index contributed by atoms with van der Waals surface area (Å²) in [6.07, 6.45) is 2.93. The van der Waals surface area contributed by atoms with Crippen molar-refractivity contribution in [2.75, 3.05) is 13.7 Å². The standard InChI is InChI=1S/C15H25NO4/c1-15(2,3)20-14(18)16-8-11-9-5-6-10(7-9)12(11)13(17)19-4/h9-12H,5-8H2,1-4H3,(H,16,18)/t9-,10+,11+,12+/m1/s1. The van der Waals surface area contributed by atoms with E-state index in [9.17, 15) is 9.59 Å². The van der Waals surface area contributed by atoms with Crippen LogP contribution in [0.2, 0.25) is 0 Å². The van der Waals surface area contributed by atoms with Crippen molar-refractivity contribution in [2.45, 2.75) is 45.6 Å². The number of alkyl carbamates (subject to hydrolysis) is 1. The molecule has 0 saturated heterocycles. The van der Waals surface area contributed by atoms with Crippen molar-refractivity contribution in [3.05, 3.63) is 0 Å². The third-order valence-electron chi connectivity index (χ3n) is 4.44. The Labute approximate surface area is 120 Å². The molecule has 0 spiro atoms. The van der Waals surface area contributed by atoms with Gasteiger partial charge in [0.1, 0.15) is 5.60 Å². The normalized spacial score (nSPS) is 32.0. The number of fused-ring (bicyclic) bond motifs is 2. The molecule has 5 nitrogen and oxygen atoms in total. The van der Waals surface area contributed by atoms with Crippen molar-refractivity contribution in [1.82, 2.24) is 5.32 Å². The zero-order chi connectivity index (χ0) is 14.9. The number of methoxy groups -OCH3 is 1. The second-order valence-corrected chi connectivity index (χ2v) is 6.93. The molecular weight excluding hydrogens is 258 g/mol. The minimum absolute atomic E-state index is 0.0614. The molecule has 114 valence electrons. The second kappa shape index (κ2) is 5.62. The van der Waals surface area contributed by atoms with Crippen molar-refractivity contribution in [3.63, 3.8) is 0 Å². The van der Waals surface area contributed by atoms with Crippen molar-refractivity contribution in [3.8, 4) is 0 Å². The number of amides is 1. The third kappa shape index (κ3) is 3.25. The van der Waals surface area contributed by atoms with Crippen molar-refractivity contribution in [1.29, 1.82) is 0 Å². The highest BCUT2D eigenvalue weighted by molar-refractivity contribution is 5.74. The highest BCUT2D eigenvalue weighted by Crippen LogP contribution is 2.52. The predicted octanol–water partition coefficient (Wildman–Crippen LogP) is 2.35. The fraction of sp³-hybridized carbons (Fsp3) is 0.867. The number of ether oxygens (including phenoxy) is 2. The molecule has 20 heavy (non-hydrogen) atoms. The van der Waals surface area contributed by atoms with E-state index in [-0.39, 0.29) is 17.8 Å². The summed E-state index contributed by atoms with van der Waals surface area (Å²) < 4.78 is 10.2. The van der Waals surface area contributed by atoms with E-state index in [4.69, 9.17) is 9.47 Å². The lowest BCUT2D eigenvalue weighted by atomic mass is 9.79. The summed E-state index contributed by atoms with van der Waals surface area (Å²) in [5.74, 6) is 0.951. The summed E-state index contributed by atoms with van der Waals surface area (Å²) in [6, 6.07) is 0. The Hall–Kier alpha value is -1.26. The number of hydrogen-bond donors (Lipinski definition) is 1. The first-order valence-electron chi connectivity index (χ1n) is 7.36. The molecular formula is C15H25NO4. The third-order valence-corrected chi connectivity index (χ3v) is 4.44. The molecule has 2 aliphatic rings. The van der Waals surface area contributed by atoms with Crippen LogP contribution in [0.4, 0.5) is 4.79 Å². The van der Waals surface area contributed by atoms with Gasteiger partial charge in [-0.15, -0.1) is 0 Å². The van der Waals surface area contributed by atoms with Gasteiger partial charge in [-0.3, -0.25) is 4.79 Å². The maximum atomic E-state index is 11.9. The molecule has 0 aliphatic heterocycles. The van der Waals surface area contributed by atoms with Gasteiger partial charge in [0.15, 0.2) is 0 Å². The molecule has 2 rings (SSSR count). The van der Waals surface area contributed by atoms with Crippen LogP contribution in [0, 0.1) is 23.7 Å². The van der Waals surface area contributed by atoms with Gasteiger partial charge in [-0.25, -0.2) is 4.79 Å². The molecule has 0 aromatic rings. The van der Waals surface area contributed by atoms with Crippen LogP contribution >= 0.6 is 0 Å². The molecule has 1 N–H and O–H groups in total. The van der Waals surface area contributed by atoms with Gasteiger partial charge in [0.05, 0.1) is 13.0 Å². The molecule has 2 saturated carbocycles. The largest absolute Gasteiger partial charge is 0.469 e. The number of rotatable bonds is 3. The highest BCUT2D eigenvalue weighted by Gasteiger charge is 2.51. The zero-order valence-corrected chi connectivity index (χ0v) is 12.8. The van der Waals surface area contributed by atoms with E-state index in [1.54, 1.807) is 0 Å². The Kier molecular flexibility index (Phi) is 4.25. The van der Waals surface area contributed by atoms with E-state index in [1.807, 2.05) is 20.8 Å². The van der Waals surface area contributed by atoms with E-state index < -0.39 is 11.7 Å². The van der Waals surface area contributed by atoms with Gasteiger partial charge in [0.2, 0.25) is 0 Å². The summed E-state index contributed by atoms with van der Waals surface area (Å²) in [5.41, 5.74) is -0.499. The van der Waals surface area contributed by atoms with E-state index in [0.717, 1.165) is 19.3 Å². The lowest BCUT2D eigenvalue weighted by Crippen LogP contribution is -2.41. The van der Waals surface area contributed by atoms with Gasteiger partial charge in [0, 0.05) is 6.54 Å². The summed E-state index contributed by atoms with van der Waals surface area (Å²) in [6.45, 7) is 6.00. The Balaban J connectivity index is 1.91. The number of carbonyl (C=O) groups excluding carboxylic acids is 2. The molecule has 4 atom stereocenters. The second-order valence-electron chi connectivity index (χ2n) is 6.93. The quantitative estimate of drug-likeness (QED) is 0.807. The van der Waals surface area contributed by atoms with Crippen LogP contribution in [0.15, 0.2) is 0 Å². The lowest BCUT2D eigenvalue weighted by Gasteiger charge is -2.29. The van der Waals surface area contributed by atoms with Crippen LogP contribution in [0.3, 0.4) is 0 Å². The monoisotopic (exact) mass is 283 g/mol. The Morgan fingerprint density at radius 3 is 2.45 bits per heavy atom. The average molecular weight is 283 g/mol. The van der Waals surface area contributed by atoms with Gasteiger partial charge in [-0.1, -0.05) is 0 Å². The van der Waals surface area contributed by atoms with E-state index in [2.05, 4.69) is 5.32 Å². The minimum atomic E-state index is -0.499. The van der Waals surface area contributed by atoms with Gasteiger partial charge in [-0.05, 0) is 57.8 Å². The van der Waals surface area contributed by atoms with Crippen molar-refractivity contribution in [2.24, 2.45) is 23.7 Å². The molecule has 0 radical (unpaired) electrons. The molecule has 0 heterocycles. The average Bonchev–Trinajstić information content (AvgIpc) is 2.93. The summed E-state index contributed by atoms with van der Waals surface area (Å²) >= 11 is 0. The van der Waals surface area contributed by atoms with Crippen molar-refractivity contribution < 1.29 is 19.1 Å². The predicted molar refractivity (Wildman–Crippen MR) is 74.1 cm³/mol. The SMILES string of the molecule is COC(=O)[C@H]1[C@H]2CC[C@H](C2)[C@@H]1CNC(=O)OC(C)(C)C. The molecule has 0 aromatic heterocycles. The van der Waals surface area contributed by atoms with Crippen LogP contribution in [-0.4, -0.2) is 31.3 Å². The number of carbonyl (C=O) groups is 2. The van der Waals surface area contributed by atoms with Crippen LogP contribution in [0.25, 0.3) is 0 Å². The summed E-state index contributed by atoms with van der Waals surface area (Å²) in [5, 5.41) is 2.81. The smallest absolute Gasteiger partial charge is 0.407 e. The molecule has 0 aromatic carbocycles. The maximum Gasteiger partial charge on any atom is 0.407 e. The van der Waals surface area contributed by atoms with Gasteiger partial charge < -0.3 is 14.8 Å². The molecule has 5 heteroatoms. The summed E-state index contributed by atoms with van der Waals surface area (Å²) in [4.78, 5) is 23.6. The van der Waals surface area contributed by atoms with Gasteiger partial charge >= 0.3 is 12.1 Å². The minimum Gasteiger partial charge on any atom is -0.469 e. The zero-order valence-electron chi connectivity index (χ0n) is 12.8. The Morgan fingerprint density at radius 1 is 1.20 bits per heavy atom. The molecule has 2 aliphatic carbocycles. The summed E-state index contributed by atoms with van der Waals surface area (Å²) in [7, 11) is 1.44. The molecule has 1 amide bonds.